The van der Waals surface area contributed by atoms with Crippen LogP contribution >= 0.6 is 0 Å². The molecule has 1 fully saturated rings. The number of carbonyl (C=O) groups excluding carboxylic acids is 3. The summed E-state index contributed by atoms with van der Waals surface area (Å²) in [5, 5.41) is 3.06. The van der Waals surface area contributed by atoms with Crippen molar-refractivity contribution in [2.45, 2.75) is 83.3 Å². The van der Waals surface area contributed by atoms with Crippen LogP contribution in [0.4, 0.5) is 10.5 Å². The first-order chi connectivity index (χ1) is 19.6. The predicted octanol–water partition coefficient (Wildman–Crippen LogP) is 6.05. The summed E-state index contributed by atoms with van der Waals surface area (Å²) in [5.74, 6) is 0.208. The molecule has 2 aliphatic rings. The zero-order chi connectivity index (χ0) is 29.6. The fraction of sp³-hybridized carbons (Fsp3) is 0.594. The Morgan fingerprint density at radius 3 is 2.51 bits per heavy atom. The molecule has 2 amide bonds. The minimum atomic E-state index is -0.532. The summed E-state index contributed by atoms with van der Waals surface area (Å²) in [6.07, 6.45) is 10.6. The van der Waals surface area contributed by atoms with Crippen LogP contribution in [0.25, 0.3) is 0 Å². The van der Waals surface area contributed by atoms with Gasteiger partial charge in [-0.3, -0.25) is 4.79 Å². The van der Waals surface area contributed by atoms with Crippen LogP contribution in [0.5, 0.6) is 0 Å². The lowest BCUT2D eigenvalue weighted by Crippen LogP contribution is -2.39. The number of fused-ring (bicyclic) bond motifs is 1. The van der Waals surface area contributed by atoms with Crippen molar-refractivity contribution >= 4 is 23.7 Å². The molecule has 0 saturated heterocycles. The van der Waals surface area contributed by atoms with Crippen molar-refractivity contribution in [1.29, 1.82) is 0 Å². The lowest BCUT2D eigenvalue weighted by Gasteiger charge is -2.35. The van der Waals surface area contributed by atoms with E-state index in [1.165, 1.54) is 31.9 Å². The van der Waals surface area contributed by atoms with E-state index >= 15 is 0 Å². The number of rotatable bonds is 10. The molecule has 2 atom stereocenters. The smallest absolute Gasteiger partial charge is 0.410 e. The van der Waals surface area contributed by atoms with Gasteiger partial charge in [-0.1, -0.05) is 25.3 Å². The number of hydrogen-bond donors (Lipinski definition) is 1. The molecule has 2 unspecified atom stereocenters. The Hall–Kier alpha value is -3.49. The Balaban J connectivity index is 1.45. The van der Waals surface area contributed by atoms with Gasteiger partial charge in [0.2, 0.25) is 5.91 Å². The second kappa shape index (κ2) is 13.4. The number of anilines is 1. The van der Waals surface area contributed by atoms with Crippen LogP contribution in [-0.2, 0) is 14.3 Å². The maximum Gasteiger partial charge on any atom is 0.410 e. The van der Waals surface area contributed by atoms with Crippen molar-refractivity contribution in [2.24, 2.45) is 5.92 Å². The first-order valence-corrected chi connectivity index (χ1v) is 14.8. The Morgan fingerprint density at radius 1 is 1.10 bits per heavy atom. The number of methoxy groups -OCH3 is 1. The number of ether oxygens (including phenoxy) is 2. The van der Waals surface area contributed by atoms with Crippen molar-refractivity contribution in [3.63, 3.8) is 0 Å². The highest BCUT2D eigenvalue weighted by atomic mass is 16.6. The molecule has 4 rings (SSSR count). The second-order valence-corrected chi connectivity index (χ2v) is 12.3. The van der Waals surface area contributed by atoms with Gasteiger partial charge in [0.05, 0.1) is 37.8 Å². The zero-order valence-corrected chi connectivity index (χ0v) is 25.1. The summed E-state index contributed by atoms with van der Waals surface area (Å²) in [6, 6.07) is 7.68. The number of hydrogen-bond acceptors (Lipinski definition) is 7. The van der Waals surface area contributed by atoms with E-state index in [-0.39, 0.29) is 30.5 Å². The summed E-state index contributed by atoms with van der Waals surface area (Å²) in [6.45, 7) is 6.75. The van der Waals surface area contributed by atoms with Gasteiger partial charge in [0, 0.05) is 37.3 Å². The number of unbranched alkanes of at least 4 members (excludes halogenated alkanes) is 1. The molecule has 2 aromatic rings. The summed E-state index contributed by atoms with van der Waals surface area (Å²) in [7, 11) is 3.10. The van der Waals surface area contributed by atoms with E-state index in [9.17, 15) is 14.4 Å². The quantitative estimate of drug-likeness (QED) is 0.275. The normalized spacial score (nSPS) is 19.0. The average molecular weight is 568 g/mol. The molecule has 1 N–H and O–H groups in total. The highest BCUT2D eigenvalue weighted by Gasteiger charge is 2.44. The first kappa shape index (κ1) is 30.5. The molecule has 2 heterocycles. The van der Waals surface area contributed by atoms with Crippen molar-refractivity contribution in [3.05, 3.63) is 53.5 Å². The molecule has 224 valence electrons. The largest absolute Gasteiger partial charge is 0.472 e. The van der Waals surface area contributed by atoms with Gasteiger partial charge in [0.1, 0.15) is 5.60 Å². The molecule has 1 saturated carbocycles. The van der Waals surface area contributed by atoms with Gasteiger partial charge in [0.25, 0.3) is 0 Å². The van der Waals surface area contributed by atoms with Gasteiger partial charge in [0.15, 0.2) is 0 Å². The molecule has 41 heavy (non-hydrogen) atoms. The Kier molecular flexibility index (Phi) is 9.99. The van der Waals surface area contributed by atoms with E-state index in [1.807, 2.05) is 45.0 Å². The number of nitrogens with zero attached hydrogens (tertiary/aromatic N) is 2. The summed E-state index contributed by atoms with van der Waals surface area (Å²) < 4.78 is 15.9. The lowest BCUT2D eigenvalue weighted by atomic mass is 9.73. The Morgan fingerprint density at radius 2 is 1.85 bits per heavy atom. The van der Waals surface area contributed by atoms with Gasteiger partial charge < -0.3 is 29.0 Å². The monoisotopic (exact) mass is 567 g/mol. The molecule has 1 aromatic carbocycles. The molecule has 1 aliphatic heterocycles. The van der Waals surface area contributed by atoms with Crippen LogP contribution in [0.1, 0.15) is 99.2 Å². The third-order valence-corrected chi connectivity index (χ3v) is 8.10. The van der Waals surface area contributed by atoms with Gasteiger partial charge in [-0.05, 0) is 76.1 Å². The topological polar surface area (TPSA) is 101 Å². The highest BCUT2D eigenvalue weighted by Crippen LogP contribution is 2.55. The minimum absolute atomic E-state index is 0.0621. The van der Waals surface area contributed by atoms with Crippen LogP contribution in [-0.4, -0.2) is 62.3 Å². The van der Waals surface area contributed by atoms with E-state index < -0.39 is 11.6 Å². The zero-order valence-electron chi connectivity index (χ0n) is 25.1. The van der Waals surface area contributed by atoms with E-state index in [4.69, 9.17) is 13.9 Å². The molecule has 9 nitrogen and oxygen atoms in total. The third kappa shape index (κ3) is 7.63. The standard InChI is InChI=1S/C32H45N3O6/c1-32(2,3)41-31(38)34(4)17-10-9-16-33-27(36)20-35-26-19-23(30(37)39-5)13-14-25(26)28(22-11-7-6-8-12-22)29(35)24-15-18-40-21-24/h13-15,18-19,21-22,28-29H,6-12,16-17,20H2,1-5H3,(H,33,36). The number of amides is 2. The molecule has 0 bridgehead atoms. The predicted molar refractivity (Wildman–Crippen MR) is 157 cm³/mol. The molecule has 1 aromatic heterocycles. The van der Waals surface area contributed by atoms with E-state index in [1.54, 1.807) is 24.5 Å². The van der Waals surface area contributed by atoms with Crippen LogP contribution in [0.3, 0.4) is 0 Å². The van der Waals surface area contributed by atoms with Crippen LogP contribution in [0.2, 0.25) is 0 Å². The van der Waals surface area contributed by atoms with Crippen LogP contribution in [0.15, 0.2) is 41.2 Å². The minimum Gasteiger partial charge on any atom is -0.472 e. The van der Waals surface area contributed by atoms with Crippen molar-refractivity contribution in [3.8, 4) is 0 Å². The number of esters is 1. The van der Waals surface area contributed by atoms with Gasteiger partial charge in [-0.2, -0.15) is 0 Å². The lowest BCUT2D eigenvalue weighted by molar-refractivity contribution is -0.119. The summed E-state index contributed by atoms with van der Waals surface area (Å²) in [5.41, 5.74) is 3.06. The van der Waals surface area contributed by atoms with Crippen LogP contribution in [0, 0.1) is 5.92 Å². The van der Waals surface area contributed by atoms with Gasteiger partial charge in [-0.15, -0.1) is 0 Å². The number of nitrogens with one attached hydrogen (secondary N) is 1. The van der Waals surface area contributed by atoms with Crippen molar-refractivity contribution in [1.82, 2.24) is 10.2 Å². The summed E-state index contributed by atoms with van der Waals surface area (Å²) >= 11 is 0. The van der Waals surface area contributed by atoms with Crippen molar-refractivity contribution < 1.29 is 28.3 Å². The molecular formula is C32H45N3O6. The van der Waals surface area contributed by atoms with E-state index in [0.717, 1.165) is 36.9 Å². The second-order valence-electron chi connectivity index (χ2n) is 12.3. The van der Waals surface area contributed by atoms with Crippen LogP contribution < -0.4 is 10.2 Å². The maximum absolute atomic E-state index is 13.3. The van der Waals surface area contributed by atoms with Gasteiger partial charge >= 0.3 is 12.1 Å². The number of carbonyl (C=O) groups is 3. The summed E-state index contributed by atoms with van der Waals surface area (Å²) in [4.78, 5) is 41.6. The molecule has 0 spiro atoms. The highest BCUT2D eigenvalue weighted by molar-refractivity contribution is 5.92. The maximum atomic E-state index is 13.3. The number of benzene rings is 1. The molecule has 9 heteroatoms. The fourth-order valence-corrected chi connectivity index (χ4v) is 6.20. The van der Waals surface area contributed by atoms with E-state index in [2.05, 4.69) is 10.2 Å². The first-order valence-electron chi connectivity index (χ1n) is 14.8. The Labute approximate surface area is 243 Å². The van der Waals surface area contributed by atoms with Gasteiger partial charge in [-0.25, -0.2) is 9.59 Å². The SMILES string of the molecule is COC(=O)c1ccc2c(c1)N(CC(=O)NCCCCN(C)C(=O)OC(C)(C)C)C(c1ccoc1)C2C1CCCCC1. The van der Waals surface area contributed by atoms with Crippen molar-refractivity contribution in [2.75, 3.05) is 38.7 Å². The molecule has 0 radical (unpaired) electrons. The molecular weight excluding hydrogens is 522 g/mol. The van der Waals surface area contributed by atoms with E-state index in [0.29, 0.717) is 24.6 Å². The number of furan rings is 1. The molecule has 1 aliphatic carbocycles. The average Bonchev–Trinajstić information content (AvgIpc) is 3.58. The Bertz CT molecular complexity index is 1180. The fourth-order valence-electron chi connectivity index (χ4n) is 6.20. The third-order valence-electron chi connectivity index (χ3n) is 8.10.